The molecule has 0 aliphatic rings. The first-order chi connectivity index (χ1) is 3.83. The van der Waals surface area contributed by atoms with Crippen molar-refractivity contribution in [2.24, 2.45) is 0 Å². The van der Waals surface area contributed by atoms with Crippen LogP contribution in [0.15, 0.2) is 0 Å². The number of hydrogen-bond acceptors (Lipinski definition) is 2. The van der Waals surface area contributed by atoms with Crippen molar-refractivity contribution in [3.05, 3.63) is 0 Å². The zero-order chi connectivity index (χ0) is 7.41. The van der Waals surface area contributed by atoms with Crippen LogP contribution >= 0.6 is 57.2 Å². The number of rotatable bonds is 0. The van der Waals surface area contributed by atoms with E-state index in [1.54, 1.807) is 0 Å². The summed E-state index contributed by atoms with van der Waals surface area (Å²) in [5.74, 6) is 0. The van der Waals surface area contributed by atoms with Gasteiger partial charge < -0.3 is 0 Å². The molecule has 8 heavy (non-hydrogen) atoms. The Morgan fingerprint density at radius 1 is 0.750 bits per heavy atom. The van der Waals surface area contributed by atoms with Gasteiger partial charge in [-0.15, -0.1) is 0 Å². The van der Waals surface area contributed by atoms with Crippen molar-refractivity contribution in [2.45, 2.75) is 0 Å². The molecule has 0 heterocycles. The first-order valence-corrected chi connectivity index (χ1v) is 30.9. The molecule has 0 atom stereocenters. The molecular weight excluding hydrogens is 840 g/mol. The normalized spacial score (nSPS) is 5.25. The molecule has 0 amide bonds. The summed E-state index contributed by atoms with van der Waals surface area (Å²) in [7, 11) is 0. The van der Waals surface area contributed by atoms with Gasteiger partial charge in [0.2, 0.25) is 0 Å². The molecule has 0 bridgehead atoms. The molecule has 2 nitrogen and oxygen atoms in total. The molecule has 2 N–H and O–H groups in total. The minimum atomic E-state index is 0.190. The molecule has 0 aromatic carbocycles. The predicted octanol–water partition coefficient (Wildman–Crippen LogP) is 3.56. The minimum absolute atomic E-state index is 0.190. The fourth-order valence-electron chi connectivity index (χ4n) is 0. The summed E-state index contributed by atoms with van der Waals surface area (Å²) in [5, 5.41) is 12.0. The topological polar surface area (TPSA) is 40.5 Å². The molecule has 0 unspecified atom stereocenters. The van der Waals surface area contributed by atoms with Crippen molar-refractivity contribution >= 4 is 57.2 Å². The van der Waals surface area contributed by atoms with Gasteiger partial charge in [-0.3, -0.25) is 10.5 Å². The number of halogens is 4. The van der Waals surface area contributed by atoms with Gasteiger partial charge in [0.05, 0.1) is 0 Å². The molecule has 8 heteroatoms. The van der Waals surface area contributed by atoms with E-state index in [2.05, 4.69) is 57.2 Å². The molecular formula is H2I4O2Sm2. The van der Waals surface area contributed by atoms with E-state index in [1.807, 2.05) is 0 Å². The van der Waals surface area contributed by atoms with Crippen LogP contribution in [0.2, 0.25) is 0 Å². The van der Waals surface area contributed by atoms with Gasteiger partial charge in [0.1, 0.15) is 0 Å². The SMILES string of the molecule is OO.[I][Sm][I].[I][Sm][I]. The second kappa shape index (κ2) is 29.4. The maximum absolute atomic E-state index is 6.00. The zero-order valence-electron chi connectivity index (χ0n) is 3.22. The van der Waals surface area contributed by atoms with E-state index in [4.69, 9.17) is 10.5 Å². The summed E-state index contributed by atoms with van der Waals surface area (Å²) >= 11 is 10.1. The molecule has 0 spiro atoms. The van der Waals surface area contributed by atoms with Gasteiger partial charge in [0, 0.05) is 0 Å². The first-order valence-electron chi connectivity index (χ1n) is 0.817. The van der Waals surface area contributed by atoms with E-state index in [-0.39, 0.29) is 50.9 Å². The fraction of sp³-hybridized carbons (Fsp3) is 0. The molecule has 0 aliphatic heterocycles. The second-order valence-electron chi connectivity index (χ2n) is 0.117. The predicted molar refractivity (Wildman–Crippen MR) is 61.3 cm³/mol. The Bertz CT molecular complexity index is 14.0. The molecule has 0 radical (unpaired) electrons. The maximum atomic E-state index is 6.00. The molecule has 54 valence electrons. The summed E-state index contributed by atoms with van der Waals surface area (Å²) in [5.41, 5.74) is 0. The third-order valence-electron chi connectivity index (χ3n) is 0. The van der Waals surface area contributed by atoms with Crippen LogP contribution in [0.4, 0.5) is 0 Å². The van der Waals surface area contributed by atoms with Gasteiger partial charge in [0.25, 0.3) is 0 Å². The van der Waals surface area contributed by atoms with Crippen molar-refractivity contribution in [2.75, 3.05) is 0 Å². The van der Waals surface area contributed by atoms with Crippen LogP contribution in [0.3, 0.4) is 0 Å². The van der Waals surface area contributed by atoms with Crippen LogP contribution < -0.4 is 0 Å². The van der Waals surface area contributed by atoms with Crippen LogP contribution in [0, 0.1) is 50.9 Å². The average molecular weight is 842 g/mol. The average Bonchev–Trinajstić information content (AvgIpc) is 1.75. The first kappa shape index (κ1) is 19.1. The van der Waals surface area contributed by atoms with E-state index in [0.717, 1.165) is 0 Å². The van der Waals surface area contributed by atoms with E-state index in [1.165, 1.54) is 0 Å². The molecule has 0 saturated heterocycles. The quantitative estimate of drug-likeness (QED) is 0.223. The molecule has 0 rings (SSSR count). The Kier molecular flexibility index (Phi) is 70.3. The van der Waals surface area contributed by atoms with E-state index in [0.29, 0.717) is 0 Å². The van der Waals surface area contributed by atoms with Crippen molar-refractivity contribution in [3.8, 4) is 0 Å². The van der Waals surface area contributed by atoms with Gasteiger partial charge in [-0.05, 0) is 0 Å². The summed E-state index contributed by atoms with van der Waals surface area (Å²) < 4.78 is 0. The Morgan fingerprint density at radius 3 is 0.750 bits per heavy atom. The Labute approximate surface area is 113 Å². The van der Waals surface area contributed by atoms with Crippen LogP contribution in [0.25, 0.3) is 0 Å². The zero-order valence-corrected chi connectivity index (χ0v) is 17.1. The van der Waals surface area contributed by atoms with Crippen LogP contribution in [-0.4, -0.2) is 10.5 Å². The molecule has 0 aromatic rings. The molecule has 0 fully saturated rings. The van der Waals surface area contributed by atoms with Crippen molar-refractivity contribution in [1.29, 1.82) is 0 Å². The molecule has 0 aliphatic carbocycles. The Balaban J connectivity index is -0.0000000483. The van der Waals surface area contributed by atoms with Gasteiger partial charge in [-0.25, -0.2) is 0 Å². The van der Waals surface area contributed by atoms with Gasteiger partial charge in [-0.2, -0.15) is 0 Å². The van der Waals surface area contributed by atoms with E-state index >= 15 is 0 Å². The summed E-state index contributed by atoms with van der Waals surface area (Å²) in [6.45, 7) is 0. The summed E-state index contributed by atoms with van der Waals surface area (Å²) in [6.07, 6.45) is 0. The van der Waals surface area contributed by atoms with Crippen LogP contribution in [-0.2, 0) is 0 Å². The summed E-state index contributed by atoms with van der Waals surface area (Å²) in [6, 6.07) is 0. The van der Waals surface area contributed by atoms with Crippen molar-refractivity contribution in [1.82, 2.24) is 0 Å². The Hall–Kier alpha value is 5.52. The van der Waals surface area contributed by atoms with Crippen molar-refractivity contribution < 1.29 is 61.4 Å². The third kappa shape index (κ3) is 41.9. The third-order valence-corrected chi connectivity index (χ3v) is 0. The Morgan fingerprint density at radius 2 is 0.750 bits per heavy atom. The second-order valence-corrected chi connectivity index (χ2v) is 38.9. The van der Waals surface area contributed by atoms with Gasteiger partial charge in [-0.1, -0.05) is 0 Å². The fourth-order valence-corrected chi connectivity index (χ4v) is 0. The summed E-state index contributed by atoms with van der Waals surface area (Å²) in [4.78, 5) is 0. The standard InChI is InChI=1S/4HI.H2O2.2Sm/c;;;;1-2;;/h4*1H;1-2H;;/q;;;;;2*+2/p-4. The van der Waals surface area contributed by atoms with E-state index < -0.39 is 0 Å². The van der Waals surface area contributed by atoms with Crippen molar-refractivity contribution in [3.63, 3.8) is 0 Å². The molecule has 0 saturated carbocycles. The molecule has 0 aromatic heterocycles. The number of hydrogen-bond donors (Lipinski definition) is 2. The monoisotopic (exact) mass is 845 g/mol. The van der Waals surface area contributed by atoms with Gasteiger partial charge >= 0.3 is 108 Å². The van der Waals surface area contributed by atoms with Crippen LogP contribution in [0.5, 0.6) is 0 Å². The van der Waals surface area contributed by atoms with Gasteiger partial charge in [0.15, 0.2) is 0 Å². The van der Waals surface area contributed by atoms with E-state index in [9.17, 15) is 0 Å². The van der Waals surface area contributed by atoms with Crippen LogP contribution in [0.1, 0.15) is 0 Å².